The fraction of sp³-hybridized carbons (Fsp3) is 0.333. The highest BCUT2D eigenvalue weighted by atomic mass is 32.2. The molecule has 1 heterocycles. The lowest BCUT2D eigenvalue weighted by Crippen LogP contribution is -2.38. The molecule has 0 fully saturated rings. The largest absolute Gasteiger partial charge is 0.269 e. The minimum absolute atomic E-state index is 0.0111. The zero-order chi connectivity index (χ0) is 17.8. The molecule has 6 nitrogen and oxygen atoms in total. The summed E-state index contributed by atoms with van der Waals surface area (Å²) in [6.45, 7) is 2.03. The van der Waals surface area contributed by atoms with Gasteiger partial charge in [0.25, 0.3) is 0 Å². The van der Waals surface area contributed by atoms with E-state index in [4.69, 9.17) is 0 Å². The standard InChI is InChI=1S/C15H20N2O4S3/c1-3-13-6-8-14(9-7-13)17(23(2,18)19)11-10-16-24(20,21)15-5-4-12-22-15/h4-9,12,16H,3,10-11H2,1-2H3. The minimum Gasteiger partial charge on any atom is -0.269 e. The number of rotatable bonds is 8. The second-order valence-electron chi connectivity index (χ2n) is 5.18. The first kappa shape index (κ1) is 18.9. The van der Waals surface area contributed by atoms with Gasteiger partial charge in [-0.3, -0.25) is 4.31 Å². The van der Waals surface area contributed by atoms with Crippen molar-refractivity contribution in [1.29, 1.82) is 0 Å². The zero-order valence-corrected chi connectivity index (χ0v) is 15.9. The average Bonchev–Trinajstić information content (AvgIpc) is 3.06. The SMILES string of the molecule is CCc1ccc(N(CCNS(=O)(=O)c2cccs2)S(C)(=O)=O)cc1. The van der Waals surface area contributed by atoms with Crippen molar-refractivity contribution in [3.8, 4) is 0 Å². The fourth-order valence-electron chi connectivity index (χ4n) is 2.15. The molecule has 1 N–H and O–H groups in total. The van der Waals surface area contributed by atoms with E-state index < -0.39 is 20.0 Å². The van der Waals surface area contributed by atoms with Gasteiger partial charge in [-0.25, -0.2) is 21.6 Å². The molecule has 1 aromatic carbocycles. The summed E-state index contributed by atoms with van der Waals surface area (Å²) in [5, 5.41) is 1.67. The number of thiophene rings is 1. The van der Waals surface area contributed by atoms with Crippen molar-refractivity contribution in [2.75, 3.05) is 23.7 Å². The molecule has 0 aliphatic rings. The maximum atomic E-state index is 12.1. The summed E-state index contributed by atoms with van der Waals surface area (Å²) in [6, 6.07) is 10.3. The monoisotopic (exact) mass is 388 g/mol. The molecule has 2 rings (SSSR count). The molecule has 0 aliphatic heterocycles. The van der Waals surface area contributed by atoms with Crippen LogP contribution in [0.1, 0.15) is 12.5 Å². The summed E-state index contributed by atoms with van der Waals surface area (Å²) in [5.41, 5.74) is 1.62. The lowest BCUT2D eigenvalue weighted by molar-refractivity contribution is 0.580. The van der Waals surface area contributed by atoms with E-state index in [1.807, 2.05) is 19.1 Å². The molecule has 0 saturated heterocycles. The number of aryl methyl sites for hydroxylation is 1. The van der Waals surface area contributed by atoms with Crippen LogP contribution in [-0.4, -0.2) is 36.2 Å². The number of hydrogen-bond acceptors (Lipinski definition) is 5. The van der Waals surface area contributed by atoms with Crippen LogP contribution in [0, 0.1) is 0 Å². The highest BCUT2D eigenvalue weighted by molar-refractivity contribution is 7.92. The summed E-state index contributed by atoms with van der Waals surface area (Å²) in [5.74, 6) is 0. The number of nitrogens with zero attached hydrogens (tertiary/aromatic N) is 1. The van der Waals surface area contributed by atoms with Crippen LogP contribution in [0.2, 0.25) is 0 Å². The number of anilines is 1. The highest BCUT2D eigenvalue weighted by Gasteiger charge is 2.19. The third-order valence-electron chi connectivity index (χ3n) is 3.40. The number of hydrogen-bond donors (Lipinski definition) is 1. The molecule has 0 atom stereocenters. The van der Waals surface area contributed by atoms with E-state index >= 15 is 0 Å². The summed E-state index contributed by atoms with van der Waals surface area (Å²) >= 11 is 1.11. The Kier molecular flexibility index (Phi) is 6.02. The Hall–Kier alpha value is -1.42. The van der Waals surface area contributed by atoms with Crippen molar-refractivity contribution >= 4 is 37.1 Å². The Morgan fingerprint density at radius 1 is 1.08 bits per heavy atom. The molecule has 24 heavy (non-hydrogen) atoms. The van der Waals surface area contributed by atoms with Crippen molar-refractivity contribution < 1.29 is 16.8 Å². The van der Waals surface area contributed by atoms with Crippen LogP contribution < -0.4 is 9.03 Å². The predicted octanol–water partition coefficient (Wildman–Crippen LogP) is 2.06. The molecular weight excluding hydrogens is 368 g/mol. The van der Waals surface area contributed by atoms with Crippen LogP contribution in [-0.2, 0) is 26.5 Å². The normalized spacial score (nSPS) is 12.2. The van der Waals surface area contributed by atoms with Crippen molar-refractivity contribution in [1.82, 2.24) is 4.72 Å². The van der Waals surface area contributed by atoms with Crippen LogP contribution in [0.15, 0.2) is 46.0 Å². The third-order valence-corrected chi connectivity index (χ3v) is 7.45. The van der Waals surface area contributed by atoms with Gasteiger partial charge in [0, 0.05) is 13.1 Å². The quantitative estimate of drug-likeness (QED) is 0.750. The third kappa shape index (κ3) is 4.79. The average molecular weight is 389 g/mol. The van der Waals surface area contributed by atoms with Gasteiger partial charge in [-0.05, 0) is 35.6 Å². The van der Waals surface area contributed by atoms with Crippen molar-refractivity contribution in [2.45, 2.75) is 17.6 Å². The number of sulfonamides is 2. The lowest BCUT2D eigenvalue weighted by atomic mass is 10.1. The summed E-state index contributed by atoms with van der Waals surface area (Å²) < 4.78 is 52.0. The maximum Gasteiger partial charge on any atom is 0.250 e. The number of benzene rings is 1. The molecular formula is C15H20N2O4S3. The first-order valence-corrected chi connectivity index (χ1v) is 11.5. The van der Waals surface area contributed by atoms with Gasteiger partial charge in [0.1, 0.15) is 4.21 Å². The van der Waals surface area contributed by atoms with E-state index in [0.717, 1.165) is 29.6 Å². The van der Waals surface area contributed by atoms with Crippen LogP contribution in [0.5, 0.6) is 0 Å². The van der Waals surface area contributed by atoms with Crippen molar-refractivity contribution in [3.05, 3.63) is 47.3 Å². The molecule has 0 radical (unpaired) electrons. The molecule has 0 bridgehead atoms. The zero-order valence-electron chi connectivity index (χ0n) is 13.5. The Morgan fingerprint density at radius 2 is 1.75 bits per heavy atom. The fourth-order valence-corrected chi connectivity index (χ4v) is 5.14. The van der Waals surface area contributed by atoms with E-state index in [9.17, 15) is 16.8 Å². The van der Waals surface area contributed by atoms with Gasteiger partial charge in [-0.1, -0.05) is 25.1 Å². The Labute approximate surface area is 147 Å². The Balaban J connectivity index is 2.10. The summed E-state index contributed by atoms with van der Waals surface area (Å²) in [4.78, 5) is 0. The molecule has 0 aliphatic carbocycles. The predicted molar refractivity (Wildman–Crippen MR) is 97.5 cm³/mol. The van der Waals surface area contributed by atoms with Crippen LogP contribution in [0.4, 0.5) is 5.69 Å². The van der Waals surface area contributed by atoms with Gasteiger partial charge in [0.05, 0.1) is 11.9 Å². The Morgan fingerprint density at radius 3 is 2.25 bits per heavy atom. The molecule has 1 aromatic heterocycles. The summed E-state index contributed by atoms with van der Waals surface area (Å²) in [6.07, 6.45) is 1.97. The molecule has 0 spiro atoms. The first-order chi connectivity index (χ1) is 11.2. The van der Waals surface area contributed by atoms with Crippen LogP contribution in [0.3, 0.4) is 0 Å². The van der Waals surface area contributed by atoms with E-state index in [2.05, 4.69) is 4.72 Å². The maximum absolute atomic E-state index is 12.1. The van der Waals surface area contributed by atoms with E-state index in [1.165, 1.54) is 10.4 Å². The first-order valence-electron chi connectivity index (χ1n) is 7.34. The summed E-state index contributed by atoms with van der Waals surface area (Å²) in [7, 11) is -7.11. The van der Waals surface area contributed by atoms with Gasteiger partial charge in [-0.15, -0.1) is 11.3 Å². The molecule has 132 valence electrons. The van der Waals surface area contributed by atoms with Gasteiger partial charge in [0.15, 0.2) is 0 Å². The van der Waals surface area contributed by atoms with Gasteiger partial charge >= 0.3 is 0 Å². The van der Waals surface area contributed by atoms with Gasteiger partial charge in [-0.2, -0.15) is 0 Å². The van der Waals surface area contributed by atoms with E-state index in [1.54, 1.807) is 23.6 Å². The van der Waals surface area contributed by atoms with Gasteiger partial charge < -0.3 is 0 Å². The van der Waals surface area contributed by atoms with E-state index in [0.29, 0.717) is 5.69 Å². The molecule has 2 aromatic rings. The molecule has 9 heteroatoms. The van der Waals surface area contributed by atoms with Crippen LogP contribution in [0.25, 0.3) is 0 Å². The topological polar surface area (TPSA) is 83.6 Å². The second kappa shape index (κ2) is 7.64. The number of nitrogens with one attached hydrogen (secondary N) is 1. The molecule has 0 amide bonds. The van der Waals surface area contributed by atoms with Gasteiger partial charge in [0.2, 0.25) is 20.0 Å². The minimum atomic E-state index is -3.60. The highest BCUT2D eigenvalue weighted by Crippen LogP contribution is 2.19. The molecule has 0 saturated carbocycles. The van der Waals surface area contributed by atoms with E-state index in [-0.39, 0.29) is 17.3 Å². The van der Waals surface area contributed by atoms with Crippen molar-refractivity contribution in [2.24, 2.45) is 0 Å². The smallest absolute Gasteiger partial charge is 0.250 e. The second-order valence-corrected chi connectivity index (χ2v) is 10.0. The van der Waals surface area contributed by atoms with Crippen molar-refractivity contribution in [3.63, 3.8) is 0 Å². The Bertz CT molecular complexity index is 858. The van der Waals surface area contributed by atoms with Crippen LogP contribution >= 0.6 is 11.3 Å². The lowest BCUT2D eigenvalue weighted by Gasteiger charge is -2.22. The molecule has 0 unspecified atom stereocenters.